The van der Waals surface area contributed by atoms with E-state index in [1.54, 1.807) is 7.05 Å². The molecule has 4 fully saturated rings. The van der Waals surface area contributed by atoms with E-state index in [0.29, 0.717) is 63.3 Å². The Balaban J connectivity index is 0.743. The molecule has 21 heteroatoms. The Labute approximate surface area is 441 Å². The van der Waals surface area contributed by atoms with Crippen LogP contribution in [0.1, 0.15) is 104 Å². The SMILES string of the molecule is CC1c2c(cc(F)c(Cl)c2-c2c(C(=O)NO)ccc(OCCO)c2F)OC1(CNC1CCC(C(=O)N2CCC(CN3CCC(c4c(F)cc5c(N6CCC(=O)NC6=O)nn(C)c5c4F)CC3)CC2)CC1)c1ccccc1. The van der Waals surface area contributed by atoms with Crippen LogP contribution in [0.3, 0.4) is 0 Å². The molecule has 4 aromatic carbocycles. The summed E-state index contributed by atoms with van der Waals surface area (Å²) in [6, 6.07) is 13.5. The van der Waals surface area contributed by atoms with Gasteiger partial charge in [0.25, 0.3) is 5.91 Å². The van der Waals surface area contributed by atoms with Gasteiger partial charge < -0.3 is 29.7 Å². The molecule has 1 aliphatic carbocycles. The van der Waals surface area contributed by atoms with E-state index in [2.05, 4.69) is 20.6 Å². The summed E-state index contributed by atoms with van der Waals surface area (Å²) in [4.78, 5) is 56.9. The molecular weight excluding hydrogens is 1010 g/mol. The number of hydrogen-bond acceptors (Lipinski definition) is 11. The molecule has 3 saturated heterocycles. The van der Waals surface area contributed by atoms with Crippen molar-refractivity contribution in [3.8, 4) is 22.6 Å². The van der Waals surface area contributed by atoms with Gasteiger partial charge in [-0.1, -0.05) is 48.9 Å². The highest BCUT2D eigenvalue weighted by Gasteiger charge is 2.50. The second kappa shape index (κ2) is 22.0. The van der Waals surface area contributed by atoms with E-state index in [1.807, 2.05) is 42.2 Å². The average molecular weight is 1070 g/mol. The third-order valence-electron chi connectivity index (χ3n) is 16.5. The van der Waals surface area contributed by atoms with Gasteiger partial charge in [0.1, 0.15) is 29.5 Å². The number of aliphatic hydroxyl groups is 1. The highest BCUT2D eigenvalue weighted by atomic mass is 35.5. The monoisotopic (exact) mass is 1070 g/mol. The fourth-order valence-corrected chi connectivity index (χ4v) is 12.7. The number of urea groups is 1. The molecule has 1 saturated carbocycles. The molecule has 404 valence electrons. The number of aromatic nitrogens is 2. The van der Waals surface area contributed by atoms with Crippen molar-refractivity contribution in [3.05, 3.63) is 105 Å². The van der Waals surface area contributed by atoms with Crippen LogP contribution in [0.15, 0.2) is 54.6 Å². The Bertz CT molecular complexity index is 3050. The Kier molecular flexibility index (Phi) is 15.3. The van der Waals surface area contributed by atoms with Gasteiger partial charge in [-0.25, -0.2) is 27.8 Å². The summed E-state index contributed by atoms with van der Waals surface area (Å²) in [7, 11) is 1.56. The predicted octanol–water partition coefficient (Wildman–Crippen LogP) is 8.04. The molecule has 1 aromatic heterocycles. The number of fused-ring (bicyclic) bond motifs is 2. The van der Waals surface area contributed by atoms with E-state index >= 15 is 17.6 Å². The van der Waals surface area contributed by atoms with Crippen molar-refractivity contribution in [1.82, 2.24) is 35.7 Å². The Hall–Kier alpha value is -6.32. The van der Waals surface area contributed by atoms with Gasteiger partial charge in [0.2, 0.25) is 11.8 Å². The zero-order chi connectivity index (χ0) is 53.6. The third-order valence-corrected chi connectivity index (χ3v) is 16.8. The number of halogens is 5. The Morgan fingerprint density at radius 1 is 0.895 bits per heavy atom. The van der Waals surface area contributed by atoms with Crippen LogP contribution < -0.4 is 30.5 Å². The molecule has 2 unspecified atom stereocenters. The number of carbonyl (C=O) groups excluding carboxylic acids is 4. The number of anilines is 1. The lowest BCUT2D eigenvalue weighted by Crippen LogP contribution is -2.49. The van der Waals surface area contributed by atoms with Gasteiger partial charge >= 0.3 is 6.03 Å². The maximum atomic E-state index is 16.6. The number of nitrogens with zero attached hydrogens (tertiary/aromatic N) is 5. The Morgan fingerprint density at radius 3 is 2.30 bits per heavy atom. The van der Waals surface area contributed by atoms with E-state index in [-0.39, 0.29) is 94.8 Å². The van der Waals surface area contributed by atoms with Crippen molar-refractivity contribution < 1.29 is 56.5 Å². The van der Waals surface area contributed by atoms with Crippen molar-refractivity contribution in [2.75, 3.05) is 63.9 Å². The molecule has 0 radical (unpaired) electrons. The van der Waals surface area contributed by atoms with Gasteiger partial charge in [0.05, 0.1) is 22.6 Å². The molecule has 0 bridgehead atoms. The number of amides is 5. The lowest BCUT2D eigenvalue weighted by molar-refractivity contribution is -0.138. The molecule has 4 aliphatic heterocycles. The first-order valence-corrected chi connectivity index (χ1v) is 26.5. The quantitative estimate of drug-likeness (QED) is 0.0411. The fraction of sp³-hybridized carbons (Fsp3) is 0.473. The number of benzene rings is 4. The van der Waals surface area contributed by atoms with Gasteiger partial charge in [-0.3, -0.25) is 34.5 Å². The van der Waals surface area contributed by atoms with Crippen molar-refractivity contribution in [2.45, 2.75) is 88.2 Å². The van der Waals surface area contributed by atoms with Crippen LogP contribution in [0.25, 0.3) is 22.0 Å². The number of carbonyl (C=O) groups is 4. The molecular formula is C55H61ClF4N8O8. The minimum absolute atomic E-state index is 0.0126. The smallest absolute Gasteiger partial charge is 0.329 e. The minimum atomic E-state index is -1.17. The lowest BCUT2D eigenvalue weighted by atomic mass is 9.77. The number of nitrogens with one attached hydrogen (secondary N) is 3. The first kappa shape index (κ1) is 53.1. The third kappa shape index (κ3) is 9.86. The topological polar surface area (TPSA) is 191 Å². The predicted molar refractivity (Wildman–Crippen MR) is 273 cm³/mol. The number of aryl methyl sites for hydroxylation is 1. The van der Waals surface area contributed by atoms with Crippen LogP contribution in [0.2, 0.25) is 5.02 Å². The number of aliphatic hydroxyl groups excluding tert-OH is 1. The van der Waals surface area contributed by atoms with Crippen LogP contribution in [0.4, 0.5) is 28.2 Å². The van der Waals surface area contributed by atoms with E-state index in [1.165, 1.54) is 33.3 Å². The molecule has 5 N–H and O–H groups in total. The molecule has 5 aliphatic rings. The van der Waals surface area contributed by atoms with Crippen molar-refractivity contribution in [2.24, 2.45) is 18.9 Å². The number of hydrogen-bond donors (Lipinski definition) is 5. The summed E-state index contributed by atoms with van der Waals surface area (Å²) in [6.07, 6.45) is 5.73. The summed E-state index contributed by atoms with van der Waals surface area (Å²) < 4.78 is 78.1. The van der Waals surface area contributed by atoms with E-state index in [4.69, 9.17) is 21.1 Å². The van der Waals surface area contributed by atoms with Crippen LogP contribution in [0.5, 0.6) is 11.5 Å². The number of likely N-dealkylation sites (tertiary alicyclic amines) is 2. The number of hydroxylamine groups is 1. The number of imide groups is 1. The highest BCUT2D eigenvalue weighted by molar-refractivity contribution is 6.34. The Morgan fingerprint density at radius 2 is 1.62 bits per heavy atom. The highest BCUT2D eigenvalue weighted by Crippen LogP contribution is 2.57. The van der Waals surface area contributed by atoms with Crippen molar-refractivity contribution in [1.29, 1.82) is 0 Å². The van der Waals surface area contributed by atoms with Gasteiger partial charge in [0, 0.05) is 92.4 Å². The van der Waals surface area contributed by atoms with Crippen LogP contribution in [-0.2, 0) is 22.2 Å². The second-order valence-electron chi connectivity index (χ2n) is 20.8. The minimum Gasteiger partial charge on any atom is -0.488 e. The van der Waals surface area contributed by atoms with Crippen molar-refractivity contribution in [3.63, 3.8) is 0 Å². The summed E-state index contributed by atoms with van der Waals surface area (Å²) in [5.74, 6) is -5.45. The first-order valence-electron chi connectivity index (χ1n) is 26.1. The van der Waals surface area contributed by atoms with E-state index in [9.17, 15) is 29.5 Å². The van der Waals surface area contributed by atoms with Crippen LogP contribution >= 0.6 is 11.6 Å². The van der Waals surface area contributed by atoms with Crippen LogP contribution in [-0.4, -0.2) is 119 Å². The molecule has 0 spiro atoms. The molecule has 76 heavy (non-hydrogen) atoms. The van der Waals surface area contributed by atoms with Crippen LogP contribution in [0, 0.1) is 35.1 Å². The first-order chi connectivity index (χ1) is 36.6. The van der Waals surface area contributed by atoms with E-state index in [0.717, 1.165) is 43.9 Å². The van der Waals surface area contributed by atoms with Gasteiger partial charge in [-0.05, 0) is 100 Å². The average Bonchev–Trinajstić information content (AvgIpc) is 3.98. The summed E-state index contributed by atoms with van der Waals surface area (Å²) >= 11 is 6.72. The summed E-state index contributed by atoms with van der Waals surface area (Å²) in [5.41, 5.74) is 0.745. The fourth-order valence-electron chi connectivity index (χ4n) is 12.4. The maximum Gasteiger partial charge on any atom is 0.329 e. The zero-order valence-corrected chi connectivity index (χ0v) is 43.0. The molecule has 5 heterocycles. The standard InChI is InChI=1S/C55H61ClF4N8O8/c1-30-43-41(27-39(58)47(56)46(43)45-36(52(71)64-74)12-13-40(48(45)59)75-25-24-69)76-55(30,34-6-4-3-5-7-34)29-61-35-10-8-33(9-11-35)53(72)67-21-14-31(15-22-67)28-66-19-16-32(17-20-66)44-38(57)26-37-50(49(44)60)65(2)63-51(37)68-23-18-42(70)62-54(68)73/h3-7,12-13,26-27,30-33,35,61,69,74H,8-11,14-25,28-29H2,1-2H3,(H,64,71)(H,62,70,73). The number of rotatable bonds is 14. The molecule has 5 aromatic rings. The number of ether oxygens (including phenoxy) is 2. The largest absolute Gasteiger partial charge is 0.488 e. The normalized spacial score (nSPS) is 22.7. The molecule has 16 nitrogen and oxygen atoms in total. The van der Waals surface area contributed by atoms with Gasteiger partial charge in [-0.15, -0.1) is 0 Å². The molecule has 2 atom stereocenters. The molecule has 5 amide bonds. The zero-order valence-electron chi connectivity index (χ0n) is 42.3. The second-order valence-corrected chi connectivity index (χ2v) is 21.2. The van der Waals surface area contributed by atoms with Crippen molar-refractivity contribution >= 4 is 52.1 Å². The lowest BCUT2D eigenvalue weighted by Gasteiger charge is -2.40. The summed E-state index contributed by atoms with van der Waals surface area (Å²) in [6.45, 7) is 5.01. The summed E-state index contributed by atoms with van der Waals surface area (Å²) in [5, 5.41) is 29.0. The van der Waals surface area contributed by atoms with E-state index < -0.39 is 69.8 Å². The van der Waals surface area contributed by atoms with Gasteiger partial charge in [-0.2, -0.15) is 5.10 Å². The molecule has 10 rings (SSSR count). The van der Waals surface area contributed by atoms with Gasteiger partial charge in [0.15, 0.2) is 28.8 Å². The number of piperidine rings is 2. The maximum absolute atomic E-state index is 16.6.